The average molecular weight is 547 g/mol. The second kappa shape index (κ2) is 13.9. The van der Waals surface area contributed by atoms with Crippen molar-refractivity contribution < 1.29 is 61.9 Å². The van der Waals surface area contributed by atoms with E-state index in [4.69, 9.17) is 37.9 Å². The Morgan fingerprint density at radius 3 is 1.45 bits per heavy atom. The molecule has 10 unspecified atom stereocenters. The third-order valence-corrected chi connectivity index (χ3v) is 6.57. The van der Waals surface area contributed by atoms with E-state index in [9.17, 15) is 24.0 Å². The minimum atomic E-state index is -1.29. The largest absolute Gasteiger partial charge is 0.463 e. The van der Waals surface area contributed by atoms with Crippen LogP contribution in [0.1, 0.15) is 55.4 Å². The van der Waals surface area contributed by atoms with Gasteiger partial charge in [-0.1, -0.05) is 20.8 Å². The number of rotatable bonds is 9. The fourth-order valence-corrected chi connectivity index (χ4v) is 4.53. The van der Waals surface area contributed by atoms with Crippen LogP contribution in [0, 0.1) is 17.8 Å². The number of hydrogen-bond donors (Lipinski definition) is 0. The van der Waals surface area contributed by atoms with E-state index >= 15 is 0 Å². The van der Waals surface area contributed by atoms with E-state index in [1.54, 1.807) is 6.92 Å². The van der Waals surface area contributed by atoms with Crippen molar-refractivity contribution in [3.05, 3.63) is 0 Å². The molecule has 0 aliphatic carbocycles. The van der Waals surface area contributed by atoms with Crippen LogP contribution < -0.4 is 0 Å². The predicted molar refractivity (Wildman–Crippen MR) is 126 cm³/mol. The molecule has 13 nitrogen and oxygen atoms in total. The summed E-state index contributed by atoms with van der Waals surface area (Å²) in [5.41, 5.74) is 0. The molecule has 0 spiro atoms. The fourth-order valence-electron chi connectivity index (χ4n) is 4.53. The van der Waals surface area contributed by atoms with Gasteiger partial charge in [0.15, 0.2) is 18.5 Å². The fraction of sp³-hybridized carbons (Fsp3) is 0.800. The summed E-state index contributed by atoms with van der Waals surface area (Å²) in [6, 6.07) is 0. The molecular formula is C25H38O13. The molecule has 0 saturated carbocycles. The summed E-state index contributed by atoms with van der Waals surface area (Å²) >= 11 is 0. The van der Waals surface area contributed by atoms with Crippen molar-refractivity contribution in [3.8, 4) is 0 Å². The van der Waals surface area contributed by atoms with E-state index < -0.39 is 78.9 Å². The molecule has 0 bridgehead atoms. The summed E-state index contributed by atoms with van der Waals surface area (Å²) in [6.07, 6.45) is -6.87. The van der Waals surface area contributed by atoms with Crippen molar-refractivity contribution in [2.24, 2.45) is 17.8 Å². The maximum absolute atomic E-state index is 11.9. The van der Waals surface area contributed by atoms with Crippen LogP contribution >= 0.6 is 0 Å². The molecule has 0 aromatic carbocycles. The van der Waals surface area contributed by atoms with Gasteiger partial charge in [-0.15, -0.1) is 0 Å². The Morgan fingerprint density at radius 1 is 0.526 bits per heavy atom. The summed E-state index contributed by atoms with van der Waals surface area (Å²) in [5, 5.41) is 0. The molecule has 38 heavy (non-hydrogen) atoms. The number of carbonyl (C=O) groups is 5. The van der Waals surface area contributed by atoms with E-state index in [0.29, 0.717) is 0 Å². The molecule has 13 heteroatoms. The van der Waals surface area contributed by atoms with Gasteiger partial charge in [0, 0.05) is 46.5 Å². The van der Waals surface area contributed by atoms with Gasteiger partial charge in [-0.3, -0.25) is 24.0 Å². The van der Waals surface area contributed by atoms with Crippen LogP contribution in [0.5, 0.6) is 0 Å². The monoisotopic (exact) mass is 546 g/mol. The van der Waals surface area contributed by atoms with E-state index in [-0.39, 0.29) is 25.0 Å². The van der Waals surface area contributed by atoms with Crippen LogP contribution in [-0.2, 0) is 61.9 Å². The highest BCUT2D eigenvalue weighted by atomic mass is 16.8. The smallest absolute Gasteiger partial charge is 0.305 e. The molecule has 10 atom stereocenters. The Balaban J connectivity index is 2.41. The normalized spacial score (nSPS) is 34.9. The summed E-state index contributed by atoms with van der Waals surface area (Å²) in [7, 11) is 0. The maximum atomic E-state index is 11.9. The standard InChI is InChI=1S/C25H38O13/c1-11-12(2)22(33-16(6)28)25(36-19(11)9-31-14(4)26)38-21-13(3)23(34-17(7)29)24(35-18(8)30)37-20(21)10-32-15(5)27/h11-13,19-25H,9-10H2,1-8H3. The van der Waals surface area contributed by atoms with Gasteiger partial charge in [0.25, 0.3) is 0 Å². The number of esters is 5. The van der Waals surface area contributed by atoms with Crippen LogP contribution in [0.2, 0.25) is 0 Å². The zero-order chi connectivity index (χ0) is 28.7. The lowest BCUT2D eigenvalue weighted by atomic mass is 9.83. The van der Waals surface area contributed by atoms with Gasteiger partial charge in [0.1, 0.15) is 19.3 Å². The SMILES string of the molecule is CC(=O)OCC1OC(OC2C(COC(C)=O)OC(OC(C)=O)C(OC(C)=O)C2C)C(OC(C)=O)C(C)C1C. The van der Waals surface area contributed by atoms with E-state index in [2.05, 4.69) is 0 Å². The molecule has 0 aromatic heterocycles. The molecule has 0 amide bonds. The Hall–Kier alpha value is -2.77. The molecule has 2 fully saturated rings. The molecule has 2 aliphatic rings. The molecule has 216 valence electrons. The van der Waals surface area contributed by atoms with Crippen molar-refractivity contribution in [1.29, 1.82) is 0 Å². The first-order valence-electron chi connectivity index (χ1n) is 12.5. The maximum Gasteiger partial charge on any atom is 0.305 e. The molecule has 2 aliphatic heterocycles. The zero-order valence-corrected chi connectivity index (χ0v) is 23.0. The van der Waals surface area contributed by atoms with Gasteiger partial charge >= 0.3 is 29.8 Å². The Bertz CT molecular complexity index is 869. The van der Waals surface area contributed by atoms with Gasteiger partial charge in [0.05, 0.1) is 12.2 Å². The molecule has 0 radical (unpaired) electrons. The lowest BCUT2D eigenvalue weighted by Gasteiger charge is -2.48. The summed E-state index contributed by atoms with van der Waals surface area (Å²) in [5.74, 6) is -4.06. The van der Waals surface area contributed by atoms with Crippen molar-refractivity contribution in [1.82, 2.24) is 0 Å². The highest BCUT2D eigenvalue weighted by Gasteiger charge is 2.52. The lowest BCUT2D eigenvalue weighted by Crippen LogP contribution is -2.61. The molecule has 0 N–H and O–H groups in total. The summed E-state index contributed by atoms with van der Waals surface area (Å²) < 4.78 is 44.9. The minimum absolute atomic E-state index is 0.0499. The van der Waals surface area contributed by atoms with Gasteiger partial charge in [-0.05, 0) is 5.92 Å². The van der Waals surface area contributed by atoms with Crippen molar-refractivity contribution >= 4 is 29.8 Å². The predicted octanol–water partition coefficient (Wildman–Crippen LogP) is 1.28. The highest BCUT2D eigenvalue weighted by molar-refractivity contribution is 5.68. The van der Waals surface area contributed by atoms with Gasteiger partial charge in [-0.2, -0.15) is 0 Å². The van der Waals surface area contributed by atoms with Gasteiger partial charge < -0.3 is 37.9 Å². The summed E-state index contributed by atoms with van der Waals surface area (Å²) in [4.78, 5) is 58.5. The average Bonchev–Trinajstić information content (AvgIpc) is 2.79. The molecule has 2 saturated heterocycles. The Kier molecular flexibility index (Phi) is 11.5. The third kappa shape index (κ3) is 8.63. The first kappa shape index (κ1) is 31.4. The molecular weight excluding hydrogens is 508 g/mol. The van der Waals surface area contributed by atoms with Crippen molar-refractivity contribution in [2.75, 3.05) is 13.2 Å². The van der Waals surface area contributed by atoms with E-state index in [0.717, 1.165) is 0 Å². The van der Waals surface area contributed by atoms with Crippen LogP contribution in [0.15, 0.2) is 0 Å². The second-order valence-electron chi connectivity index (χ2n) is 9.63. The topological polar surface area (TPSA) is 159 Å². The Labute approximate surface area is 221 Å². The highest BCUT2D eigenvalue weighted by Crippen LogP contribution is 2.38. The zero-order valence-electron chi connectivity index (χ0n) is 23.0. The minimum Gasteiger partial charge on any atom is -0.463 e. The first-order chi connectivity index (χ1) is 17.7. The van der Waals surface area contributed by atoms with Crippen molar-refractivity contribution in [3.63, 3.8) is 0 Å². The first-order valence-corrected chi connectivity index (χ1v) is 12.5. The van der Waals surface area contributed by atoms with Crippen LogP contribution in [0.3, 0.4) is 0 Å². The van der Waals surface area contributed by atoms with Crippen LogP contribution in [-0.4, -0.2) is 86.2 Å². The van der Waals surface area contributed by atoms with E-state index in [1.807, 2.05) is 13.8 Å². The number of hydrogen-bond acceptors (Lipinski definition) is 13. The number of carbonyl (C=O) groups excluding carboxylic acids is 5. The molecule has 2 rings (SSSR count). The van der Waals surface area contributed by atoms with Crippen LogP contribution in [0.25, 0.3) is 0 Å². The Morgan fingerprint density at radius 2 is 0.974 bits per heavy atom. The van der Waals surface area contributed by atoms with Gasteiger partial charge in [0.2, 0.25) is 6.29 Å². The van der Waals surface area contributed by atoms with Crippen molar-refractivity contribution in [2.45, 2.75) is 98.5 Å². The quantitative estimate of drug-likeness (QED) is 0.301. The van der Waals surface area contributed by atoms with E-state index in [1.165, 1.54) is 34.6 Å². The molecule has 0 aromatic rings. The lowest BCUT2D eigenvalue weighted by molar-refractivity contribution is -0.340. The molecule has 2 heterocycles. The van der Waals surface area contributed by atoms with Gasteiger partial charge in [-0.25, -0.2) is 0 Å². The van der Waals surface area contributed by atoms with Crippen LogP contribution in [0.4, 0.5) is 0 Å². The second-order valence-corrected chi connectivity index (χ2v) is 9.63. The third-order valence-electron chi connectivity index (χ3n) is 6.57. The number of ether oxygens (including phenoxy) is 8. The summed E-state index contributed by atoms with van der Waals surface area (Å²) in [6.45, 7) is 11.2.